The van der Waals surface area contributed by atoms with Crippen LogP contribution < -0.4 is 5.73 Å². The number of rotatable bonds is 3. The first-order chi connectivity index (χ1) is 8.06. The second-order valence-electron chi connectivity index (χ2n) is 4.76. The minimum absolute atomic E-state index is 0.185. The van der Waals surface area contributed by atoms with Crippen molar-refractivity contribution in [3.8, 4) is 5.69 Å². The van der Waals surface area contributed by atoms with Crippen molar-refractivity contribution in [2.75, 3.05) is 0 Å². The van der Waals surface area contributed by atoms with E-state index in [-0.39, 0.29) is 6.04 Å². The smallest absolute Gasteiger partial charge is 0.0677 e. The van der Waals surface area contributed by atoms with Gasteiger partial charge in [0.2, 0.25) is 0 Å². The summed E-state index contributed by atoms with van der Waals surface area (Å²) in [7, 11) is 0. The van der Waals surface area contributed by atoms with Gasteiger partial charge >= 0.3 is 0 Å². The average molecular weight is 229 g/mol. The molecular formula is C14H19N3. The van der Waals surface area contributed by atoms with Crippen molar-refractivity contribution in [3.63, 3.8) is 0 Å². The molecule has 0 amide bonds. The quantitative estimate of drug-likeness (QED) is 0.878. The van der Waals surface area contributed by atoms with Crippen molar-refractivity contribution >= 4 is 0 Å². The molecule has 0 saturated carbocycles. The molecule has 0 spiro atoms. The summed E-state index contributed by atoms with van der Waals surface area (Å²) in [6.45, 7) is 6.17. The Bertz CT molecular complexity index is 512. The standard InChI is InChI=1S/C14H19N3/c1-10-8-16-17(9-10)14-7-13(6-12(3)15)5-4-11(14)2/h4-5,7-9,12H,6,15H2,1-3H3. The Kier molecular flexibility index (Phi) is 3.29. The number of hydrogen-bond acceptors (Lipinski definition) is 2. The van der Waals surface area contributed by atoms with E-state index >= 15 is 0 Å². The van der Waals surface area contributed by atoms with Crippen molar-refractivity contribution in [2.24, 2.45) is 5.73 Å². The molecule has 0 radical (unpaired) electrons. The van der Waals surface area contributed by atoms with Crippen molar-refractivity contribution in [2.45, 2.75) is 33.2 Å². The zero-order valence-corrected chi connectivity index (χ0v) is 10.6. The van der Waals surface area contributed by atoms with Crippen LogP contribution in [0.1, 0.15) is 23.6 Å². The van der Waals surface area contributed by atoms with E-state index in [1.165, 1.54) is 16.7 Å². The fraction of sp³-hybridized carbons (Fsp3) is 0.357. The van der Waals surface area contributed by atoms with Crippen LogP contribution in [0.4, 0.5) is 0 Å². The third-order valence-corrected chi connectivity index (χ3v) is 2.79. The minimum Gasteiger partial charge on any atom is -0.328 e. The molecule has 1 aromatic heterocycles. The Balaban J connectivity index is 2.39. The number of hydrogen-bond donors (Lipinski definition) is 1. The van der Waals surface area contributed by atoms with E-state index in [1.54, 1.807) is 0 Å². The van der Waals surface area contributed by atoms with Gasteiger partial charge in [-0.3, -0.25) is 0 Å². The van der Waals surface area contributed by atoms with Crippen LogP contribution in [-0.4, -0.2) is 15.8 Å². The number of benzene rings is 1. The maximum absolute atomic E-state index is 5.83. The first-order valence-electron chi connectivity index (χ1n) is 5.93. The summed E-state index contributed by atoms with van der Waals surface area (Å²) in [5.41, 5.74) is 10.6. The Morgan fingerprint density at radius 2 is 2.12 bits per heavy atom. The monoisotopic (exact) mass is 229 g/mol. The van der Waals surface area contributed by atoms with Gasteiger partial charge in [-0.2, -0.15) is 5.10 Å². The average Bonchev–Trinajstić information content (AvgIpc) is 2.67. The largest absolute Gasteiger partial charge is 0.328 e. The molecule has 17 heavy (non-hydrogen) atoms. The zero-order valence-electron chi connectivity index (χ0n) is 10.6. The summed E-state index contributed by atoms with van der Waals surface area (Å²) >= 11 is 0. The van der Waals surface area contributed by atoms with Gasteiger partial charge in [0, 0.05) is 12.2 Å². The Morgan fingerprint density at radius 1 is 1.35 bits per heavy atom. The zero-order chi connectivity index (χ0) is 12.4. The molecule has 1 atom stereocenters. The van der Waals surface area contributed by atoms with E-state index in [0.717, 1.165) is 12.1 Å². The highest BCUT2D eigenvalue weighted by Crippen LogP contribution is 2.17. The normalized spacial score (nSPS) is 12.7. The topological polar surface area (TPSA) is 43.8 Å². The Morgan fingerprint density at radius 3 is 2.71 bits per heavy atom. The van der Waals surface area contributed by atoms with Crippen molar-refractivity contribution < 1.29 is 0 Å². The molecule has 2 aromatic rings. The van der Waals surface area contributed by atoms with Gasteiger partial charge in [0.05, 0.1) is 11.9 Å². The van der Waals surface area contributed by atoms with E-state index in [0.29, 0.717) is 0 Å². The SMILES string of the molecule is Cc1cnn(-c2cc(CC(C)N)ccc2C)c1. The first kappa shape index (κ1) is 11.9. The predicted octanol–water partition coefficient (Wildman–Crippen LogP) is 2.38. The minimum atomic E-state index is 0.185. The van der Waals surface area contributed by atoms with Gasteiger partial charge in [0.1, 0.15) is 0 Å². The predicted molar refractivity (Wildman–Crippen MR) is 70.4 cm³/mol. The van der Waals surface area contributed by atoms with Crippen LogP contribution >= 0.6 is 0 Å². The molecule has 1 heterocycles. The molecule has 3 heteroatoms. The molecule has 90 valence electrons. The highest BCUT2D eigenvalue weighted by molar-refractivity contribution is 5.43. The molecule has 3 nitrogen and oxygen atoms in total. The molecule has 0 aliphatic heterocycles. The van der Waals surface area contributed by atoms with E-state index < -0.39 is 0 Å². The molecular weight excluding hydrogens is 210 g/mol. The summed E-state index contributed by atoms with van der Waals surface area (Å²) < 4.78 is 1.93. The highest BCUT2D eigenvalue weighted by Gasteiger charge is 2.05. The van der Waals surface area contributed by atoms with Crippen LogP contribution in [-0.2, 0) is 6.42 Å². The van der Waals surface area contributed by atoms with Crippen molar-refractivity contribution in [3.05, 3.63) is 47.3 Å². The van der Waals surface area contributed by atoms with Crippen molar-refractivity contribution in [1.29, 1.82) is 0 Å². The van der Waals surface area contributed by atoms with Gasteiger partial charge in [-0.05, 0) is 49.9 Å². The lowest BCUT2D eigenvalue weighted by Crippen LogP contribution is -2.18. The van der Waals surface area contributed by atoms with Crippen LogP contribution in [0.25, 0.3) is 5.69 Å². The van der Waals surface area contributed by atoms with Gasteiger partial charge in [0.25, 0.3) is 0 Å². The molecule has 1 aromatic carbocycles. The van der Waals surface area contributed by atoms with Crippen LogP contribution in [0, 0.1) is 13.8 Å². The molecule has 0 aliphatic carbocycles. The van der Waals surface area contributed by atoms with Crippen LogP contribution in [0.2, 0.25) is 0 Å². The molecule has 0 saturated heterocycles. The van der Waals surface area contributed by atoms with E-state index in [4.69, 9.17) is 5.73 Å². The summed E-state index contributed by atoms with van der Waals surface area (Å²) in [5, 5.41) is 4.35. The molecule has 2 N–H and O–H groups in total. The number of aromatic nitrogens is 2. The lowest BCUT2D eigenvalue weighted by atomic mass is 10.0. The highest BCUT2D eigenvalue weighted by atomic mass is 15.3. The van der Waals surface area contributed by atoms with Gasteiger partial charge < -0.3 is 5.73 Å². The molecule has 2 rings (SSSR count). The summed E-state index contributed by atoms with van der Waals surface area (Å²) in [6.07, 6.45) is 4.81. The Labute approximate surface area is 102 Å². The van der Waals surface area contributed by atoms with E-state index in [9.17, 15) is 0 Å². The molecule has 0 aliphatic rings. The molecule has 0 bridgehead atoms. The Hall–Kier alpha value is -1.61. The molecule has 0 fully saturated rings. The second kappa shape index (κ2) is 4.72. The third kappa shape index (κ3) is 2.74. The fourth-order valence-electron chi connectivity index (χ4n) is 1.95. The van der Waals surface area contributed by atoms with Gasteiger partial charge in [0.15, 0.2) is 0 Å². The third-order valence-electron chi connectivity index (χ3n) is 2.79. The van der Waals surface area contributed by atoms with E-state index in [2.05, 4.69) is 30.2 Å². The number of nitrogens with two attached hydrogens (primary N) is 1. The lowest BCUT2D eigenvalue weighted by Gasteiger charge is -2.10. The van der Waals surface area contributed by atoms with Crippen molar-refractivity contribution in [1.82, 2.24) is 9.78 Å². The number of nitrogens with zero attached hydrogens (tertiary/aromatic N) is 2. The maximum Gasteiger partial charge on any atom is 0.0677 e. The fourth-order valence-corrected chi connectivity index (χ4v) is 1.95. The summed E-state index contributed by atoms with van der Waals surface area (Å²) in [6, 6.07) is 6.62. The number of aryl methyl sites for hydroxylation is 2. The summed E-state index contributed by atoms with van der Waals surface area (Å²) in [4.78, 5) is 0. The van der Waals surface area contributed by atoms with Gasteiger partial charge in [-0.15, -0.1) is 0 Å². The second-order valence-corrected chi connectivity index (χ2v) is 4.76. The summed E-state index contributed by atoms with van der Waals surface area (Å²) in [5.74, 6) is 0. The van der Waals surface area contributed by atoms with E-state index in [1.807, 2.05) is 30.9 Å². The van der Waals surface area contributed by atoms with Crippen LogP contribution in [0.15, 0.2) is 30.6 Å². The van der Waals surface area contributed by atoms with Gasteiger partial charge in [-0.1, -0.05) is 12.1 Å². The van der Waals surface area contributed by atoms with Crippen LogP contribution in [0.3, 0.4) is 0 Å². The van der Waals surface area contributed by atoms with Crippen LogP contribution in [0.5, 0.6) is 0 Å². The molecule has 1 unspecified atom stereocenters. The van der Waals surface area contributed by atoms with Gasteiger partial charge in [-0.25, -0.2) is 4.68 Å². The lowest BCUT2D eigenvalue weighted by molar-refractivity contribution is 0.736. The first-order valence-corrected chi connectivity index (χ1v) is 5.93. The maximum atomic E-state index is 5.83.